The van der Waals surface area contributed by atoms with Gasteiger partial charge in [0.1, 0.15) is 5.01 Å². The van der Waals surface area contributed by atoms with E-state index in [1.807, 2.05) is 41.8 Å². The molecule has 1 aromatic heterocycles. The van der Waals surface area contributed by atoms with Crippen molar-refractivity contribution in [1.29, 1.82) is 5.26 Å². The molecule has 0 aliphatic heterocycles. The number of nitrogens with zero attached hydrogens (tertiary/aromatic N) is 2. The quantitative estimate of drug-likeness (QED) is 0.776. The lowest BCUT2D eigenvalue weighted by atomic mass is 10.1. The highest BCUT2D eigenvalue weighted by atomic mass is 32.1. The first kappa shape index (κ1) is 15.9. The topological polar surface area (TPSA) is 65.8 Å². The van der Waals surface area contributed by atoms with Gasteiger partial charge in [0.25, 0.3) is 0 Å². The number of benzene rings is 2. The van der Waals surface area contributed by atoms with Gasteiger partial charge in [0, 0.05) is 10.9 Å². The van der Waals surface area contributed by atoms with Crippen molar-refractivity contribution in [1.82, 2.24) is 10.3 Å². The molecule has 0 radical (unpaired) electrons. The summed E-state index contributed by atoms with van der Waals surface area (Å²) in [5.74, 6) is -0.0839. The molecule has 2 aromatic carbocycles. The van der Waals surface area contributed by atoms with Crippen molar-refractivity contribution in [2.24, 2.45) is 0 Å². The normalized spacial score (nSPS) is 10.1. The fourth-order valence-corrected chi connectivity index (χ4v) is 3.12. The van der Waals surface area contributed by atoms with E-state index in [0.29, 0.717) is 12.1 Å². The van der Waals surface area contributed by atoms with E-state index in [4.69, 9.17) is 5.26 Å². The number of hydrogen-bond acceptors (Lipinski definition) is 4. The zero-order chi connectivity index (χ0) is 16.8. The van der Waals surface area contributed by atoms with Gasteiger partial charge < -0.3 is 5.32 Å². The molecule has 1 amide bonds. The standard InChI is InChI=1S/C19H15N3OS/c20-11-15-6-4-5-14(9-15)10-18(23)21-12-17-13-24-19(22-17)16-7-2-1-3-8-16/h1-9,13H,10,12H2,(H,21,23). The van der Waals surface area contributed by atoms with Crippen LogP contribution in [0, 0.1) is 11.3 Å². The zero-order valence-electron chi connectivity index (χ0n) is 12.9. The van der Waals surface area contributed by atoms with Crippen LogP contribution in [-0.4, -0.2) is 10.9 Å². The molecule has 3 rings (SSSR count). The maximum Gasteiger partial charge on any atom is 0.224 e. The van der Waals surface area contributed by atoms with E-state index in [1.54, 1.807) is 29.5 Å². The Morgan fingerprint density at radius 1 is 1.17 bits per heavy atom. The SMILES string of the molecule is N#Cc1cccc(CC(=O)NCc2csc(-c3ccccc3)n2)c1. The summed E-state index contributed by atoms with van der Waals surface area (Å²) in [5, 5.41) is 14.7. The molecular weight excluding hydrogens is 318 g/mol. The molecule has 1 N–H and O–H groups in total. The van der Waals surface area contributed by atoms with Crippen molar-refractivity contribution in [2.45, 2.75) is 13.0 Å². The maximum absolute atomic E-state index is 12.0. The average Bonchev–Trinajstić information content (AvgIpc) is 3.10. The summed E-state index contributed by atoms with van der Waals surface area (Å²) in [6, 6.07) is 19.1. The second-order valence-corrected chi connectivity index (χ2v) is 6.13. The molecule has 1 heterocycles. The number of nitriles is 1. The molecule has 0 bridgehead atoms. The van der Waals surface area contributed by atoms with E-state index in [-0.39, 0.29) is 12.3 Å². The van der Waals surface area contributed by atoms with Gasteiger partial charge in [-0.3, -0.25) is 4.79 Å². The molecule has 4 nitrogen and oxygen atoms in total. The molecule has 5 heteroatoms. The second-order valence-electron chi connectivity index (χ2n) is 5.28. The molecule has 0 fully saturated rings. The number of amides is 1. The van der Waals surface area contributed by atoms with Gasteiger partial charge in [0.15, 0.2) is 0 Å². The Morgan fingerprint density at radius 3 is 2.79 bits per heavy atom. The molecule has 3 aromatic rings. The van der Waals surface area contributed by atoms with Crippen molar-refractivity contribution in [3.8, 4) is 16.6 Å². The molecule has 0 aliphatic rings. The third-order valence-corrected chi connectivity index (χ3v) is 4.40. The lowest BCUT2D eigenvalue weighted by Crippen LogP contribution is -2.24. The van der Waals surface area contributed by atoms with Crippen LogP contribution in [0.4, 0.5) is 0 Å². The predicted octanol–water partition coefficient (Wildman–Crippen LogP) is 3.54. The zero-order valence-corrected chi connectivity index (χ0v) is 13.7. The highest BCUT2D eigenvalue weighted by molar-refractivity contribution is 7.13. The van der Waals surface area contributed by atoms with Crippen molar-refractivity contribution in [3.63, 3.8) is 0 Å². The Bertz CT molecular complexity index is 881. The Labute approximate surface area is 144 Å². The molecule has 0 saturated heterocycles. The first-order chi connectivity index (χ1) is 11.7. The monoisotopic (exact) mass is 333 g/mol. The predicted molar refractivity (Wildman–Crippen MR) is 94.3 cm³/mol. The van der Waals surface area contributed by atoms with Gasteiger partial charge >= 0.3 is 0 Å². The fourth-order valence-electron chi connectivity index (χ4n) is 2.29. The number of aromatic nitrogens is 1. The van der Waals surface area contributed by atoms with Gasteiger partial charge in [0.2, 0.25) is 5.91 Å². The lowest BCUT2D eigenvalue weighted by molar-refractivity contribution is -0.120. The summed E-state index contributed by atoms with van der Waals surface area (Å²) in [7, 11) is 0. The lowest BCUT2D eigenvalue weighted by Gasteiger charge is -2.04. The van der Waals surface area contributed by atoms with Gasteiger partial charge in [-0.15, -0.1) is 11.3 Å². The van der Waals surface area contributed by atoms with Crippen LogP contribution in [0.25, 0.3) is 10.6 Å². The van der Waals surface area contributed by atoms with Crippen LogP contribution in [0.5, 0.6) is 0 Å². The van der Waals surface area contributed by atoms with Crippen LogP contribution >= 0.6 is 11.3 Å². The van der Waals surface area contributed by atoms with E-state index < -0.39 is 0 Å². The summed E-state index contributed by atoms with van der Waals surface area (Å²) in [5.41, 5.74) is 3.31. The Morgan fingerprint density at radius 2 is 2.00 bits per heavy atom. The van der Waals surface area contributed by atoms with E-state index in [2.05, 4.69) is 16.4 Å². The van der Waals surface area contributed by atoms with E-state index in [1.165, 1.54) is 0 Å². The van der Waals surface area contributed by atoms with E-state index >= 15 is 0 Å². The number of nitrogens with one attached hydrogen (secondary N) is 1. The number of carbonyl (C=O) groups is 1. The summed E-state index contributed by atoms with van der Waals surface area (Å²) >= 11 is 1.56. The van der Waals surface area contributed by atoms with Gasteiger partial charge in [0.05, 0.1) is 30.3 Å². The third kappa shape index (κ3) is 4.06. The van der Waals surface area contributed by atoms with Crippen molar-refractivity contribution in [3.05, 3.63) is 76.8 Å². The van der Waals surface area contributed by atoms with Gasteiger partial charge in [-0.05, 0) is 17.7 Å². The van der Waals surface area contributed by atoms with Gasteiger partial charge in [-0.2, -0.15) is 5.26 Å². The fraction of sp³-hybridized carbons (Fsp3) is 0.105. The van der Waals surface area contributed by atoms with Crippen molar-refractivity contribution >= 4 is 17.2 Å². The van der Waals surface area contributed by atoms with Crippen LogP contribution in [-0.2, 0) is 17.8 Å². The number of carbonyl (C=O) groups excluding carboxylic acids is 1. The highest BCUT2D eigenvalue weighted by Crippen LogP contribution is 2.23. The average molecular weight is 333 g/mol. The van der Waals surface area contributed by atoms with Crippen LogP contribution in [0.1, 0.15) is 16.8 Å². The molecule has 0 spiro atoms. The number of hydrogen-bond donors (Lipinski definition) is 1. The molecular formula is C19H15N3OS. The van der Waals surface area contributed by atoms with Crippen LogP contribution in [0.3, 0.4) is 0 Å². The number of rotatable bonds is 5. The minimum atomic E-state index is -0.0839. The van der Waals surface area contributed by atoms with Crippen molar-refractivity contribution in [2.75, 3.05) is 0 Å². The van der Waals surface area contributed by atoms with Crippen LogP contribution in [0.2, 0.25) is 0 Å². The third-order valence-electron chi connectivity index (χ3n) is 3.46. The molecule has 24 heavy (non-hydrogen) atoms. The maximum atomic E-state index is 12.0. The van der Waals surface area contributed by atoms with Gasteiger partial charge in [-0.25, -0.2) is 4.98 Å². The van der Waals surface area contributed by atoms with E-state index in [0.717, 1.165) is 21.8 Å². The highest BCUT2D eigenvalue weighted by Gasteiger charge is 2.07. The molecule has 0 aliphatic carbocycles. The van der Waals surface area contributed by atoms with E-state index in [9.17, 15) is 4.79 Å². The summed E-state index contributed by atoms with van der Waals surface area (Å²) < 4.78 is 0. The minimum Gasteiger partial charge on any atom is -0.350 e. The molecule has 118 valence electrons. The van der Waals surface area contributed by atoms with Crippen LogP contribution < -0.4 is 5.32 Å². The smallest absolute Gasteiger partial charge is 0.224 e. The Hall–Kier alpha value is -2.97. The van der Waals surface area contributed by atoms with Crippen molar-refractivity contribution < 1.29 is 4.79 Å². The summed E-state index contributed by atoms with van der Waals surface area (Å²) in [4.78, 5) is 16.6. The first-order valence-corrected chi connectivity index (χ1v) is 8.38. The largest absolute Gasteiger partial charge is 0.350 e. The van der Waals surface area contributed by atoms with Gasteiger partial charge in [-0.1, -0.05) is 42.5 Å². The van der Waals surface area contributed by atoms with Crippen LogP contribution in [0.15, 0.2) is 60.0 Å². The summed E-state index contributed by atoms with van der Waals surface area (Å²) in [6.45, 7) is 0.403. The second kappa shape index (κ2) is 7.53. The summed E-state index contributed by atoms with van der Waals surface area (Å²) in [6.07, 6.45) is 0.255. The molecule has 0 saturated carbocycles. The Kier molecular flexibility index (Phi) is 4.99. The minimum absolute atomic E-state index is 0.0839. The molecule has 0 unspecified atom stereocenters. The Balaban J connectivity index is 1.57. The molecule has 0 atom stereocenters. The first-order valence-electron chi connectivity index (χ1n) is 7.50. The number of thiazole rings is 1.